The maximum atomic E-state index is 12.3. The first kappa shape index (κ1) is 17.3. The fraction of sp³-hybridized carbons (Fsp3) is 0.529. The third-order valence-electron chi connectivity index (χ3n) is 4.14. The van der Waals surface area contributed by atoms with Crippen LogP contribution in [0.5, 0.6) is 5.75 Å². The van der Waals surface area contributed by atoms with E-state index in [1.54, 1.807) is 0 Å². The van der Waals surface area contributed by atoms with Gasteiger partial charge in [-0.1, -0.05) is 12.1 Å². The highest BCUT2D eigenvalue weighted by atomic mass is 16.5. The van der Waals surface area contributed by atoms with Crippen LogP contribution in [0.4, 0.5) is 0 Å². The highest BCUT2D eigenvalue weighted by Gasteiger charge is 2.39. The Hall–Kier alpha value is -2.08. The van der Waals surface area contributed by atoms with E-state index in [0.29, 0.717) is 38.8 Å². The molecule has 1 aromatic carbocycles. The standard InChI is InChI=1S/C17H24N2O4/c1-2-23-14-7-4-13(5-8-14)6-9-15(20)19-11-3-10-17(22,12-19)16(18)21/h4-5,7-8,22H,2-3,6,9-12H2,1H3,(H2,18,21)/t17-/m1/s1. The molecule has 0 radical (unpaired) electrons. The van der Waals surface area contributed by atoms with Crippen LogP contribution in [0.3, 0.4) is 0 Å². The molecule has 1 aliphatic rings. The third-order valence-corrected chi connectivity index (χ3v) is 4.14. The average Bonchev–Trinajstić information content (AvgIpc) is 2.54. The summed E-state index contributed by atoms with van der Waals surface area (Å²) in [5.41, 5.74) is 4.68. The molecule has 3 N–H and O–H groups in total. The summed E-state index contributed by atoms with van der Waals surface area (Å²) in [4.78, 5) is 25.2. The van der Waals surface area contributed by atoms with Gasteiger partial charge in [0.15, 0.2) is 5.60 Å². The first-order valence-corrected chi connectivity index (χ1v) is 7.96. The second kappa shape index (κ2) is 7.46. The first-order valence-electron chi connectivity index (χ1n) is 7.96. The van der Waals surface area contributed by atoms with E-state index in [2.05, 4.69) is 0 Å². The van der Waals surface area contributed by atoms with Gasteiger partial charge in [0.25, 0.3) is 5.91 Å². The number of aryl methyl sites for hydroxylation is 1. The molecule has 6 heteroatoms. The minimum absolute atomic E-state index is 0.00948. The quantitative estimate of drug-likeness (QED) is 0.813. The SMILES string of the molecule is CCOc1ccc(CCC(=O)N2CCC[C@](O)(C(N)=O)C2)cc1. The normalized spacial score (nSPS) is 21.0. The van der Waals surface area contributed by atoms with Crippen LogP contribution in [-0.2, 0) is 16.0 Å². The van der Waals surface area contributed by atoms with Crippen LogP contribution in [-0.4, -0.2) is 47.1 Å². The van der Waals surface area contributed by atoms with E-state index in [9.17, 15) is 14.7 Å². The number of primary amides is 1. The van der Waals surface area contributed by atoms with Gasteiger partial charge in [-0.3, -0.25) is 9.59 Å². The van der Waals surface area contributed by atoms with Gasteiger partial charge in [-0.25, -0.2) is 0 Å². The molecule has 6 nitrogen and oxygen atoms in total. The summed E-state index contributed by atoms with van der Waals surface area (Å²) in [5, 5.41) is 10.2. The van der Waals surface area contributed by atoms with Gasteiger partial charge in [0.05, 0.1) is 13.2 Å². The Labute approximate surface area is 136 Å². The van der Waals surface area contributed by atoms with Crippen LogP contribution in [0.15, 0.2) is 24.3 Å². The minimum atomic E-state index is -1.59. The van der Waals surface area contributed by atoms with Crippen molar-refractivity contribution in [3.8, 4) is 5.75 Å². The second-order valence-electron chi connectivity index (χ2n) is 5.89. The molecule has 0 bridgehead atoms. The highest BCUT2D eigenvalue weighted by Crippen LogP contribution is 2.22. The summed E-state index contributed by atoms with van der Waals surface area (Å²) in [6.07, 6.45) is 1.83. The molecule has 0 saturated carbocycles. The Morgan fingerprint density at radius 3 is 2.65 bits per heavy atom. The predicted molar refractivity (Wildman–Crippen MR) is 85.9 cm³/mol. The van der Waals surface area contributed by atoms with E-state index in [4.69, 9.17) is 10.5 Å². The molecule has 0 unspecified atom stereocenters. The molecule has 0 spiro atoms. The number of nitrogens with two attached hydrogens (primary N) is 1. The Bertz CT molecular complexity index is 558. The molecule has 1 saturated heterocycles. The molecule has 1 atom stereocenters. The second-order valence-corrected chi connectivity index (χ2v) is 5.89. The lowest BCUT2D eigenvalue weighted by atomic mass is 9.92. The highest BCUT2D eigenvalue weighted by molar-refractivity contribution is 5.85. The topological polar surface area (TPSA) is 92.9 Å². The van der Waals surface area contributed by atoms with E-state index >= 15 is 0 Å². The number of amides is 2. The van der Waals surface area contributed by atoms with Crippen molar-refractivity contribution in [2.75, 3.05) is 19.7 Å². The summed E-state index contributed by atoms with van der Waals surface area (Å²) in [5.74, 6) is -0.0232. The maximum absolute atomic E-state index is 12.3. The smallest absolute Gasteiger partial charge is 0.251 e. The fourth-order valence-corrected chi connectivity index (χ4v) is 2.78. The molecule has 1 aromatic rings. The summed E-state index contributed by atoms with van der Waals surface area (Å²) in [7, 11) is 0. The van der Waals surface area contributed by atoms with Gasteiger partial charge in [-0.05, 0) is 43.9 Å². The van der Waals surface area contributed by atoms with Crippen LogP contribution in [0.25, 0.3) is 0 Å². The molecule has 0 aromatic heterocycles. The third kappa shape index (κ3) is 4.45. The largest absolute Gasteiger partial charge is 0.494 e. The number of ether oxygens (including phenoxy) is 1. The number of benzene rings is 1. The van der Waals surface area contributed by atoms with Crippen molar-refractivity contribution >= 4 is 11.8 Å². The van der Waals surface area contributed by atoms with E-state index in [0.717, 1.165) is 11.3 Å². The Morgan fingerprint density at radius 2 is 2.04 bits per heavy atom. The summed E-state index contributed by atoms with van der Waals surface area (Å²) in [6.45, 7) is 3.09. The minimum Gasteiger partial charge on any atom is -0.494 e. The number of rotatable bonds is 6. The molecule has 126 valence electrons. The molecule has 2 rings (SSSR count). The van der Waals surface area contributed by atoms with Crippen LogP contribution in [0.2, 0.25) is 0 Å². The zero-order valence-electron chi connectivity index (χ0n) is 13.5. The van der Waals surface area contributed by atoms with Gasteiger partial charge in [0.2, 0.25) is 5.91 Å². The number of hydrogen-bond acceptors (Lipinski definition) is 4. The summed E-state index contributed by atoms with van der Waals surface area (Å²) in [6, 6.07) is 7.65. The lowest BCUT2D eigenvalue weighted by Gasteiger charge is -2.37. The number of hydrogen-bond donors (Lipinski definition) is 2. The van der Waals surface area contributed by atoms with Crippen molar-refractivity contribution in [1.29, 1.82) is 0 Å². The van der Waals surface area contributed by atoms with Crippen LogP contribution in [0.1, 0.15) is 31.7 Å². The lowest BCUT2D eigenvalue weighted by molar-refractivity contribution is -0.148. The van der Waals surface area contributed by atoms with Crippen LogP contribution in [0, 0.1) is 0 Å². The predicted octanol–water partition coefficient (Wildman–Crippen LogP) is 0.857. The van der Waals surface area contributed by atoms with Gasteiger partial charge < -0.3 is 20.5 Å². The average molecular weight is 320 g/mol. The van der Waals surface area contributed by atoms with Crippen molar-refractivity contribution in [2.24, 2.45) is 5.73 Å². The zero-order chi connectivity index (χ0) is 16.9. The molecular weight excluding hydrogens is 296 g/mol. The number of piperidine rings is 1. The maximum Gasteiger partial charge on any atom is 0.251 e. The van der Waals surface area contributed by atoms with Crippen molar-refractivity contribution in [2.45, 2.75) is 38.2 Å². The summed E-state index contributed by atoms with van der Waals surface area (Å²) < 4.78 is 5.38. The first-order chi connectivity index (χ1) is 10.9. The monoisotopic (exact) mass is 320 g/mol. The molecule has 1 heterocycles. The van der Waals surface area contributed by atoms with E-state index in [1.807, 2.05) is 31.2 Å². The van der Waals surface area contributed by atoms with Crippen LogP contribution >= 0.6 is 0 Å². The fourth-order valence-electron chi connectivity index (χ4n) is 2.78. The number of aliphatic hydroxyl groups is 1. The van der Waals surface area contributed by atoms with Gasteiger partial charge in [0.1, 0.15) is 5.75 Å². The van der Waals surface area contributed by atoms with Crippen LogP contribution < -0.4 is 10.5 Å². The Balaban J connectivity index is 1.88. The van der Waals surface area contributed by atoms with Gasteiger partial charge in [0, 0.05) is 13.0 Å². The number of β-amino-alcohol motifs (C(OH)–C–C–N with tert-alkyl or cyclic N) is 1. The van der Waals surface area contributed by atoms with E-state index < -0.39 is 11.5 Å². The molecule has 1 aliphatic heterocycles. The number of likely N-dealkylation sites (tertiary alicyclic amines) is 1. The number of nitrogens with zero attached hydrogens (tertiary/aromatic N) is 1. The van der Waals surface area contributed by atoms with Gasteiger partial charge in [-0.2, -0.15) is 0 Å². The van der Waals surface area contributed by atoms with E-state index in [-0.39, 0.29) is 12.5 Å². The summed E-state index contributed by atoms with van der Waals surface area (Å²) >= 11 is 0. The Kier molecular flexibility index (Phi) is 5.60. The number of carbonyl (C=O) groups is 2. The van der Waals surface area contributed by atoms with Crippen molar-refractivity contribution in [1.82, 2.24) is 4.90 Å². The van der Waals surface area contributed by atoms with Gasteiger partial charge in [-0.15, -0.1) is 0 Å². The Morgan fingerprint density at radius 1 is 1.35 bits per heavy atom. The molecule has 2 amide bonds. The van der Waals surface area contributed by atoms with E-state index in [1.165, 1.54) is 4.90 Å². The van der Waals surface area contributed by atoms with Gasteiger partial charge >= 0.3 is 0 Å². The number of carbonyl (C=O) groups excluding carboxylic acids is 2. The lowest BCUT2D eigenvalue weighted by Crippen LogP contribution is -2.57. The molecule has 23 heavy (non-hydrogen) atoms. The molecule has 0 aliphatic carbocycles. The molecule has 1 fully saturated rings. The zero-order valence-corrected chi connectivity index (χ0v) is 13.5. The van der Waals surface area contributed by atoms with Crippen molar-refractivity contribution < 1.29 is 19.4 Å². The van der Waals surface area contributed by atoms with Crippen molar-refractivity contribution in [3.63, 3.8) is 0 Å². The molecular formula is C17H24N2O4. The van der Waals surface area contributed by atoms with Crippen molar-refractivity contribution in [3.05, 3.63) is 29.8 Å².